The van der Waals surface area contributed by atoms with Gasteiger partial charge in [-0.2, -0.15) is 5.10 Å². The van der Waals surface area contributed by atoms with Gasteiger partial charge in [-0.1, -0.05) is 76.6 Å². The van der Waals surface area contributed by atoms with Gasteiger partial charge in [-0.15, -0.1) is 0 Å². The molecule has 5 aromatic rings. The number of benzene rings is 5. The molecule has 0 saturated heterocycles. The van der Waals surface area contributed by atoms with E-state index in [4.69, 9.17) is 4.74 Å². The van der Waals surface area contributed by atoms with E-state index < -0.39 is 23.7 Å². The lowest BCUT2D eigenvalue weighted by atomic mass is 10.0. The van der Waals surface area contributed by atoms with Crippen LogP contribution < -0.4 is 20.8 Å². The first-order valence-corrected chi connectivity index (χ1v) is 13.8. The van der Waals surface area contributed by atoms with Gasteiger partial charge in [0.15, 0.2) is 0 Å². The molecule has 0 radical (unpaired) electrons. The zero-order valence-corrected chi connectivity index (χ0v) is 24.0. The number of halogens is 1. The Morgan fingerprint density at radius 2 is 1.40 bits per heavy atom. The molecule has 0 aliphatic heterocycles. The Kier molecular flexibility index (Phi) is 8.99. The summed E-state index contributed by atoms with van der Waals surface area (Å²) in [5.74, 6) is -2.90. The van der Waals surface area contributed by atoms with Gasteiger partial charge < -0.3 is 15.4 Å². The van der Waals surface area contributed by atoms with Crippen LogP contribution in [0.1, 0.15) is 26.3 Å². The van der Waals surface area contributed by atoms with Crippen LogP contribution in [0.5, 0.6) is 5.75 Å². The van der Waals surface area contributed by atoms with Crippen molar-refractivity contribution in [3.05, 3.63) is 136 Å². The average molecular weight is 635 g/mol. The zero-order valence-electron chi connectivity index (χ0n) is 22.4. The number of carbonyl (C=O) groups excluding carboxylic acids is 4. The standard InChI is InChI=1S/C33H23BrN4O5/c34-23-15-17-24(18-16-23)36-30(39)26-12-6-7-13-28(26)37-31(40)32(41)38-35-20-27-25-11-5-4-8-21(25)14-19-29(27)43-33(42)22-9-2-1-3-10-22/h1-20H,(H,36,39)(H,37,40)(H,38,41)/b35-20-. The number of hydrogen-bond donors (Lipinski definition) is 3. The lowest BCUT2D eigenvalue weighted by Gasteiger charge is -2.11. The van der Waals surface area contributed by atoms with Crippen LogP contribution in [0.25, 0.3) is 10.8 Å². The molecule has 0 fully saturated rings. The van der Waals surface area contributed by atoms with E-state index in [2.05, 4.69) is 37.1 Å². The third-order valence-electron chi connectivity index (χ3n) is 6.23. The van der Waals surface area contributed by atoms with Crippen LogP contribution in [0.3, 0.4) is 0 Å². The van der Waals surface area contributed by atoms with E-state index in [0.29, 0.717) is 22.2 Å². The van der Waals surface area contributed by atoms with Crippen LogP contribution in [-0.4, -0.2) is 29.9 Å². The second-order valence-corrected chi connectivity index (χ2v) is 10.0. The molecule has 0 aromatic heterocycles. The third-order valence-corrected chi connectivity index (χ3v) is 6.76. The Morgan fingerprint density at radius 3 is 2.19 bits per heavy atom. The van der Waals surface area contributed by atoms with Gasteiger partial charge in [-0.05, 0) is 65.4 Å². The maximum atomic E-state index is 12.9. The first-order chi connectivity index (χ1) is 20.9. The highest BCUT2D eigenvalue weighted by Crippen LogP contribution is 2.27. The zero-order chi connectivity index (χ0) is 30.2. The number of amides is 3. The first-order valence-electron chi connectivity index (χ1n) is 13.0. The summed E-state index contributed by atoms with van der Waals surface area (Å²) < 4.78 is 6.50. The summed E-state index contributed by atoms with van der Waals surface area (Å²) in [6.07, 6.45) is 1.31. The molecule has 0 aliphatic rings. The summed E-state index contributed by atoms with van der Waals surface area (Å²) in [5.41, 5.74) is 3.86. The molecule has 0 saturated carbocycles. The van der Waals surface area contributed by atoms with Crippen LogP contribution in [0.4, 0.5) is 11.4 Å². The van der Waals surface area contributed by atoms with Crippen LogP contribution in [0.2, 0.25) is 0 Å². The van der Waals surface area contributed by atoms with Crippen LogP contribution in [0.15, 0.2) is 125 Å². The molecule has 0 atom stereocenters. The van der Waals surface area contributed by atoms with E-state index in [1.165, 1.54) is 18.3 Å². The number of rotatable bonds is 7. The molecular weight excluding hydrogens is 612 g/mol. The fraction of sp³-hybridized carbons (Fsp3) is 0. The number of ether oxygens (including phenoxy) is 1. The maximum Gasteiger partial charge on any atom is 0.343 e. The minimum absolute atomic E-state index is 0.144. The number of anilines is 2. The summed E-state index contributed by atoms with van der Waals surface area (Å²) in [4.78, 5) is 50.9. The van der Waals surface area contributed by atoms with Crippen molar-refractivity contribution in [2.45, 2.75) is 0 Å². The summed E-state index contributed by atoms with van der Waals surface area (Å²) in [5, 5.41) is 10.7. The van der Waals surface area contributed by atoms with Crippen LogP contribution in [0, 0.1) is 0 Å². The van der Waals surface area contributed by atoms with E-state index in [-0.39, 0.29) is 17.0 Å². The van der Waals surface area contributed by atoms with Crippen molar-refractivity contribution in [1.29, 1.82) is 0 Å². The van der Waals surface area contributed by atoms with E-state index in [9.17, 15) is 19.2 Å². The lowest BCUT2D eigenvalue weighted by Crippen LogP contribution is -2.33. The largest absolute Gasteiger partial charge is 0.422 e. The fourth-order valence-electron chi connectivity index (χ4n) is 4.14. The normalized spacial score (nSPS) is 10.7. The molecule has 5 rings (SSSR count). The van der Waals surface area contributed by atoms with Crippen molar-refractivity contribution in [3.8, 4) is 5.75 Å². The maximum absolute atomic E-state index is 12.9. The molecule has 0 unspecified atom stereocenters. The van der Waals surface area contributed by atoms with Crippen molar-refractivity contribution in [1.82, 2.24) is 5.43 Å². The van der Waals surface area contributed by atoms with Crippen molar-refractivity contribution in [2.24, 2.45) is 5.10 Å². The van der Waals surface area contributed by atoms with Gasteiger partial charge >= 0.3 is 17.8 Å². The first kappa shape index (κ1) is 28.9. The van der Waals surface area contributed by atoms with Gasteiger partial charge in [0.2, 0.25) is 0 Å². The van der Waals surface area contributed by atoms with Crippen molar-refractivity contribution >= 4 is 68.0 Å². The second-order valence-electron chi connectivity index (χ2n) is 9.11. The number of fused-ring (bicyclic) bond motifs is 1. The van der Waals surface area contributed by atoms with E-state index >= 15 is 0 Å². The summed E-state index contributed by atoms with van der Waals surface area (Å²) in [7, 11) is 0. The molecule has 0 spiro atoms. The van der Waals surface area contributed by atoms with Crippen molar-refractivity contribution in [2.75, 3.05) is 10.6 Å². The Labute approximate surface area is 254 Å². The number of carbonyl (C=O) groups is 4. The minimum atomic E-state index is -1.07. The lowest BCUT2D eigenvalue weighted by molar-refractivity contribution is -0.136. The van der Waals surface area contributed by atoms with E-state index in [1.54, 1.807) is 78.9 Å². The molecule has 5 aromatic carbocycles. The van der Waals surface area contributed by atoms with E-state index in [0.717, 1.165) is 9.86 Å². The second kappa shape index (κ2) is 13.4. The van der Waals surface area contributed by atoms with Crippen molar-refractivity contribution in [3.63, 3.8) is 0 Å². The topological polar surface area (TPSA) is 126 Å². The van der Waals surface area contributed by atoms with Gasteiger partial charge in [0.25, 0.3) is 5.91 Å². The number of hydrazone groups is 1. The van der Waals surface area contributed by atoms with E-state index in [1.807, 2.05) is 24.3 Å². The number of nitrogens with one attached hydrogen (secondary N) is 3. The Bertz CT molecular complexity index is 1860. The summed E-state index contributed by atoms with van der Waals surface area (Å²) in [6, 6.07) is 32.7. The molecule has 0 bridgehead atoms. The molecule has 0 heterocycles. The molecule has 3 amide bonds. The predicted molar refractivity (Wildman–Crippen MR) is 168 cm³/mol. The molecule has 212 valence electrons. The summed E-state index contributed by atoms with van der Waals surface area (Å²) >= 11 is 3.34. The Morgan fingerprint density at radius 1 is 0.698 bits per heavy atom. The SMILES string of the molecule is O=C(N/N=C\c1c(OC(=O)c2ccccc2)ccc2ccccc12)C(=O)Nc1ccccc1C(=O)Nc1ccc(Br)cc1. The quantitative estimate of drug-likeness (QED) is 0.0649. The minimum Gasteiger partial charge on any atom is -0.422 e. The van der Waals surface area contributed by atoms with Gasteiger partial charge in [-0.3, -0.25) is 14.4 Å². The highest BCUT2D eigenvalue weighted by atomic mass is 79.9. The van der Waals surface area contributed by atoms with Crippen LogP contribution >= 0.6 is 15.9 Å². The summed E-state index contributed by atoms with van der Waals surface area (Å²) in [6.45, 7) is 0. The molecular formula is C33H23BrN4O5. The predicted octanol–water partition coefficient (Wildman–Crippen LogP) is 6.16. The molecule has 10 heteroatoms. The Balaban J connectivity index is 1.29. The van der Waals surface area contributed by atoms with Crippen molar-refractivity contribution < 1.29 is 23.9 Å². The van der Waals surface area contributed by atoms with Gasteiger partial charge in [0.05, 0.1) is 23.0 Å². The van der Waals surface area contributed by atoms with Gasteiger partial charge in [0, 0.05) is 15.7 Å². The number of hydrogen-bond acceptors (Lipinski definition) is 6. The van der Waals surface area contributed by atoms with Gasteiger partial charge in [-0.25, -0.2) is 10.2 Å². The smallest absolute Gasteiger partial charge is 0.343 e. The fourth-order valence-corrected chi connectivity index (χ4v) is 4.40. The van der Waals surface area contributed by atoms with Crippen LogP contribution in [-0.2, 0) is 9.59 Å². The monoisotopic (exact) mass is 634 g/mol. The number of nitrogens with zero attached hydrogens (tertiary/aromatic N) is 1. The molecule has 9 nitrogen and oxygen atoms in total. The average Bonchev–Trinajstić information content (AvgIpc) is 3.03. The third kappa shape index (κ3) is 7.19. The molecule has 0 aliphatic carbocycles. The number of para-hydroxylation sites is 1. The Hall–Kier alpha value is -5.61. The highest BCUT2D eigenvalue weighted by Gasteiger charge is 2.18. The van der Waals surface area contributed by atoms with Gasteiger partial charge in [0.1, 0.15) is 5.75 Å². The molecule has 43 heavy (non-hydrogen) atoms. The highest BCUT2D eigenvalue weighted by molar-refractivity contribution is 9.10. The molecule has 3 N–H and O–H groups in total. The number of esters is 1.